The number of rotatable bonds is 1. The Morgan fingerprint density at radius 1 is 1.58 bits per heavy atom. The monoisotopic (exact) mass is 175 g/mol. The number of allylic oxidation sites excluding steroid dienone is 4. The van der Waals surface area contributed by atoms with Crippen LogP contribution in [0.5, 0.6) is 0 Å². The third-order valence-corrected chi connectivity index (χ3v) is 2.13. The van der Waals surface area contributed by atoms with E-state index < -0.39 is 0 Å². The van der Waals surface area contributed by atoms with E-state index in [1.165, 1.54) is 0 Å². The Morgan fingerprint density at radius 2 is 2.50 bits per heavy atom. The van der Waals surface area contributed by atoms with Crippen LogP contribution in [0.1, 0.15) is 12.0 Å². The number of nitrogens with one attached hydrogen (secondary N) is 1. The standard InChI is InChI=1S/C9H7N2S/c12-9-4-2-1-3-8(9)7-5-10-11-6-7/h1-3,5H,4H2,(H,10,11). The third-order valence-electron chi connectivity index (χ3n) is 1.74. The van der Waals surface area contributed by atoms with Crippen LogP contribution in [0.2, 0.25) is 0 Å². The van der Waals surface area contributed by atoms with Gasteiger partial charge in [-0.05, 0) is 5.57 Å². The van der Waals surface area contributed by atoms with E-state index in [0.29, 0.717) is 0 Å². The summed E-state index contributed by atoms with van der Waals surface area (Å²) in [5.41, 5.74) is 2.01. The van der Waals surface area contributed by atoms with Crippen molar-refractivity contribution < 1.29 is 0 Å². The van der Waals surface area contributed by atoms with Gasteiger partial charge >= 0.3 is 0 Å². The lowest BCUT2D eigenvalue weighted by Gasteiger charge is -2.06. The van der Waals surface area contributed by atoms with Gasteiger partial charge in [0.1, 0.15) is 6.20 Å². The number of hydrogen-bond donors (Lipinski definition) is 1. The molecule has 59 valence electrons. The van der Waals surface area contributed by atoms with Gasteiger partial charge in [-0.1, -0.05) is 30.4 Å². The van der Waals surface area contributed by atoms with Crippen LogP contribution in [0.25, 0.3) is 5.57 Å². The molecular formula is C9H7N2S. The van der Waals surface area contributed by atoms with Crippen molar-refractivity contribution in [3.8, 4) is 0 Å². The molecule has 0 aliphatic heterocycles. The summed E-state index contributed by atoms with van der Waals surface area (Å²) in [6.07, 6.45) is 11.5. The van der Waals surface area contributed by atoms with Crippen LogP contribution in [-0.4, -0.2) is 15.1 Å². The topological polar surface area (TPSA) is 28.7 Å². The second-order valence-corrected chi connectivity index (χ2v) is 3.04. The highest BCUT2D eigenvalue weighted by molar-refractivity contribution is 7.81. The Bertz CT molecular complexity index is 347. The SMILES string of the molecule is S=C1CC=CC=C1c1[c]n[nH]c1. The fourth-order valence-corrected chi connectivity index (χ4v) is 1.42. The molecule has 0 fully saturated rings. The van der Waals surface area contributed by atoms with Crippen LogP contribution >= 0.6 is 12.2 Å². The Labute approximate surface area is 76.0 Å². The molecule has 1 aliphatic carbocycles. The van der Waals surface area contributed by atoms with E-state index in [2.05, 4.69) is 16.4 Å². The predicted octanol–water partition coefficient (Wildman–Crippen LogP) is 1.92. The Kier molecular flexibility index (Phi) is 1.87. The number of aromatic amines is 1. The van der Waals surface area contributed by atoms with Crippen LogP contribution in [0.15, 0.2) is 24.4 Å². The zero-order valence-corrected chi connectivity index (χ0v) is 7.19. The fourth-order valence-electron chi connectivity index (χ4n) is 1.14. The third kappa shape index (κ3) is 1.23. The van der Waals surface area contributed by atoms with Gasteiger partial charge in [-0.2, -0.15) is 5.10 Å². The van der Waals surface area contributed by atoms with E-state index in [0.717, 1.165) is 22.4 Å². The molecule has 0 aromatic carbocycles. The van der Waals surface area contributed by atoms with Crippen molar-refractivity contribution >= 4 is 22.7 Å². The van der Waals surface area contributed by atoms with Gasteiger partial charge in [0, 0.05) is 23.0 Å². The average Bonchev–Trinajstić information content (AvgIpc) is 2.57. The van der Waals surface area contributed by atoms with E-state index in [1.54, 1.807) is 6.20 Å². The predicted molar refractivity (Wildman–Crippen MR) is 51.8 cm³/mol. The number of H-pyrrole nitrogens is 1. The number of hydrogen-bond acceptors (Lipinski definition) is 2. The molecule has 0 unspecified atom stereocenters. The molecule has 1 aromatic heterocycles. The summed E-state index contributed by atoms with van der Waals surface area (Å²) < 4.78 is 0. The number of nitrogens with zero attached hydrogens (tertiary/aromatic N) is 1. The first-order valence-corrected chi connectivity index (χ1v) is 4.10. The number of thiocarbonyl (C=S) groups is 1. The van der Waals surface area contributed by atoms with Gasteiger partial charge in [0.2, 0.25) is 0 Å². The zero-order chi connectivity index (χ0) is 8.39. The van der Waals surface area contributed by atoms with E-state index in [9.17, 15) is 0 Å². The van der Waals surface area contributed by atoms with Crippen molar-refractivity contribution in [3.63, 3.8) is 0 Å². The molecule has 1 aromatic rings. The quantitative estimate of drug-likeness (QED) is 0.660. The lowest BCUT2D eigenvalue weighted by Crippen LogP contribution is -1.99. The summed E-state index contributed by atoms with van der Waals surface area (Å²) in [6, 6.07) is 0. The lowest BCUT2D eigenvalue weighted by atomic mass is 10.0. The molecule has 2 rings (SSSR count). The molecule has 0 saturated carbocycles. The van der Waals surface area contributed by atoms with Gasteiger partial charge < -0.3 is 0 Å². The summed E-state index contributed by atoms with van der Waals surface area (Å²) in [5, 5.41) is 6.47. The van der Waals surface area contributed by atoms with Crippen LogP contribution in [-0.2, 0) is 0 Å². The summed E-state index contributed by atoms with van der Waals surface area (Å²) >= 11 is 5.19. The highest BCUT2D eigenvalue weighted by Crippen LogP contribution is 2.19. The molecule has 0 saturated heterocycles. The number of aromatic nitrogens is 2. The molecule has 3 heteroatoms. The summed E-state index contributed by atoms with van der Waals surface area (Å²) in [6.45, 7) is 0. The van der Waals surface area contributed by atoms with Crippen LogP contribution in [0.4, 0.5) is 0 Å². The minimum Gasteiger partial charge on any atom is -0.284 e. The molecule has 1 heterocycles. The average molecular weight is 175 g/mol. The van der Waals surface area contributed by atoms with Crippen molar-refractivity contribution in [2.75, 3.05) is 0 Å². The smallest absolute Gasteiger partial charge is 0.121 e. The van der Waals surface area contributed by atoms with Gasteiger partial charge in [-0.3, -0.25) is 5.10 Å². The van der Waals surface area contributed by atoms with Crippen LogP contribution in [0, 0.1) is 6.20 Å². The van der Waals surface area contributed by atoms with Crippen molar-refractivity contribution in [1.29, 1.82) is 0 Å². The maximum atomic E-state index is 5.19. The first kappa shape index (κ1) is 7.43. The van der Waals surface area contributed by atoms with Crippen molar-refractivity contribution in [1.82, 2.24) is 10.2 Å². The normalized spacial score (nSPS) is 16.3. The second kappa shape index (κ2) is 3.03. The highest BCUT2D eigenvalue weighted by atomic mass is 32.1. The molecule has 12 heavy (non-hydrogen) atoms. The maximum Gasteiger partial charge on any atom is 0.121 e. The molecule has 0 spiro atoms. The molecule has 0 bridgehead atoms. The highest BCUT2D eigenvalue weighted by Gasteiger charge is 2.09. The van der Waals surface area contributed by atoms with Gasteiger partial charge in [-0.15, -0.1) is 0 Å². The molecule has 1 N–H and O–H groups in total. The summed E-state index contributed by atoms with van der Waals surface area (Å²) in [4.78, 5) is 0.954. The van der Waals surface area contributed by atoms with E-state index >= 15 is 0 Å². The van der Waals surface area contributed by atoms with E-state index in [-0.39, 0.29) is 0 Å². The molecule has 1 radical (unpaired) electrons. The van der Waals surface area contributed by atoms with Gasteiger partial charge in [-0.25, -0.2) is 0 Å². The lowest BCUT2D eigenvalue weighted by molar-refractivity contribution is 1.08. The minimum absolute atomic E-state index is 0.847. The van der Waals surface area contributed by atoms with E-state index in [1.807, 2.05) is 18.2 Å². The van der Waals surface area contributed by atoms with Crippen molar-refractivity contribution in [2.45, 2.75) is 6.42 Å². The van der Waals surface area contributed by atoms with E-state index in [4.69, 9.17) is 12.2 Å². The Balaban J connectivity index is 2.40. The maximum absolute atomic E-state index is 5.19. The molecule has 1 aliphatic rings. The summed E-state index contributed by atoms with van der Waals surface area (Å²) in [7, 11) is 0. The van der Waals surface area contributed by atoms with Gasteiger partial charge in [0.25, 0.3) is 0 Å². The molecular weight excluding hydrogens is 168 g/mol. The second-order valence-electron chi connectivity index (χ2n) is 2.55. The van der Waals surface area contributed by atoms with Crippen LogP contribution < -0.4 is 0 Å². The Morgan fingerprint density at radius 3 is 3.17 bits per heavy atom. The fraction of sp³-hybridized carbons (Fsp3) is 0.111. The largest absolute Gasteiger partial charge is 0.284 e. The van der Waals surface area contributed by atoms with Gasteiger partial charge in [0.05, 0.1) is 0 Å². The first-order chi connectivity index (χ1) is 5.88. The Hall–Kier alpha value is -1.22. The van der Waals surface area contributed by atoms with Crippen molar-refractivity contribution in [2.24, 2.45) is 0 Å². The van der Waals surface area contributed by atoms with Crippen LogP contribution in [0.3, 0.4) is 0 Å². The molecule has 2 nitrogen and oxygen atoms in total. The molecule has 0 atom stereocenters. The minimum atomic E-state index is 0.847. The van der Waals surface area contributed by atoms with Crippen molar-refractivity contribution in [3.05, 3.63) is 36.2 Å². The summed E-state index contributed by atoms with van der Waals surface area (Å²) in [5.74, 6) is 0. The first-order valence-electron chi connectivity index (χ1n) is 3.70. The van der Waals surface area contributed by atoms with Gasteiger partial charge in [0.15, 0.2) is 0 Å². The molecule has 0 amide bonds. The zero-order valence-electron chi connectivity index (χ0n) is 6.37.